The van der Waals surface area contributed by atoms with Gasteiger partial charge < -0.3 is 19.9 Å². The number of ether oxygens (including phenoxy) is 3. The number of hydrogen-bond acceptors (Lipinski definition) is 5. The van der Waals surface area contributed by atoms with Crippen molar-refractivity contribution < 1.29 is 19.0 Å². The summed E-state index contributed by atoms with van der Waals surface area (Å²) in [5.41, 5.74) is 5.40. The Labute approximate surface area is 77.1 Å². The lowest BCUT2D eigenvalue weighted by Gasteiger charge is -2.25. The van der Waals surface area contributed by atoms with Gasteiger partial charge in [-0.1, -0.05) is 0 Å². The van der Waals surface area contributed by atoms with Crippen LogP contribution in [0.1, 0.15) is 12.8 Å². The van der Waals surface area contributed by atoms with Crippen LogP contribution in [0.25, 0.3) is 0 Å². The fourth-order valence-electron chi connectivity index (χ4n) is 1.34. The molecule has 1 aliphatic rings. The van der Waals surface area contributed by atoms with E-state index >= 15 is 0 Å². The molecule has 0 aromatic rings. The highest BCUT2D eigenvalue weighted by atomic mass is 16.7. The molecule has 5 heteroatoms. The first-order chi connectivity index (χ1) is 6.22. The Kier molecular flexibility index (Phi) is 3.65. The standard InChI is InChI=1S/C8H15NO4/c1-11-7(10)6-8(2-3-9)12-4-5-13-8/h2-6,9H2,1H3. The van der Waals surface area contributed by atoms with Gasteiger partial charge >= 0.3 is 5.97 Å². The van der Waals surface area contributed by atoms with Crippen molar-refractivity contribution in [2.45, 2.75) is 18.6 Å². The summed E-state index contributed by atoms with van der Waals surface area (Å²) < 4.78 is 15.2. The molecule has 13 heavy (non-hydrogen) atoms. The van der Waals surface area contributed by atoms with Crippen LogP contribution in [-0.4, -0.2) is 38.6 Å². The van der Waals surface area contributed by atoms with Crippen LogP contribution in [0.5, 0.6) is 0 Å². The largest absolute Gasteiger partial charge is 0.469 e. The van der Waals surface area contributed by atoms with Gasteiger partial charge in [0.05, 0.1) is 26.7 Å². The van der Waals surface area contributed by atoms with Crippen LogP contribution >= 0.6 is 0 Å². The third-order valence-electron chi connectivity index (χ3n) is 1.98. The van der Waals surface area contributed by atoms with Gasteiger partial charge in [0.25, 0.3) is 0 Å². The SMILES string of the molecule is COC(=O)CC1(CCN)OCCO1. The first kappa shape index (κ1) is 10.4. The number of esters is 1. The van der Waals surface area contributed by atoms with E-state index in [0.717, 1.165) is 0 Å². The van der Waals surface area contributed by atoms with Crippen molar-refractivity contribution in [3.63, 3.8) is 0 Å². The summed E-state index contributed by atoms with van der Waals surface area (Å²) in [6.07, 6.45) is 0.628. The first-order valence-electron chi connectivity index (χ1n) is 4.27. The van der Waals surface area contributed by atoms with Gasteiger partial charge in [0.1, 0.15) is 0 Å². The van der Waals surface area contributed by atoms with E-state index in [1.807, 2.05) is 0 Å². The van der Waals surface area contributed by atoms with E-state index < -0.39 is 5.79 Å². The molecule has 0 radical (unpaired) electrons. The maximum Gasteiger partial charge on any atom is 0.310 e. The van der Waals surface area contributed by atoms with Crippen LogP contribution in [0.4, 0.5) is 0 Å². The van der Waals surface area contributed by atoms with E-state index in [0.29, 0.717) is 26.2 Å². The molecular weight excluding hydrogens is 174 g/mol. The molecule has 2 N–H and O–H groups in total. The fourth-order valence-corrected chi connectivity index (χ4v) is 1.34. The van der Waals surface area contributed by atoms with E-state index in [-0.39, 0.29) is 12.4 Å². The van der Waals surface area contributed by atoms with Crippen LogP contribution in [0.2, 0.25) is 0 Å². The number of rotatable bonds is 4. The molecule has 0 bridgehead atoms. The van der Waals surface area contributed by atoms with E-state index in [4.69, 9.17) is 15.2 Å². The topological polar surface area (TPSA) is 70.8 Å². The summed E-state index contributed by atoms with van der Waals surface area (Å²) >= 11 is 0. The molecule has 0 atom stereocenters. The van der Waals surface area contributed by atoms with Crippen LogP contribution < -0.4 is 5.73 Å². The molecule has 76 valence electrons. The molecular formula is C8H15NO4. The quantitative estimate of drug-likeness (QED) is 0.611. The van der Waals surface area contributed by atoms with Gasteiger partial charge in [-0.15, -0.1) is 0 Å². The number of carbonyl (C=O) groups is 1. The number of methoxy groups -OCH3 is 1. The second kappa shape index (κ2) is 4.55. The Morgan fingerprint density at radius 3 is 2.62 bits per heavy atom. The van der Waals surface area contributed by atoms with Gasteiger partial charge in [-0.2, -0.15) is 0 Å². The summed E-state index contributed by atoms with van der Waals surface area (Å²) in [6.45, 7) is 1.45. The molecule has 0 aliphatic carbocycles. The Bertz CT molecular complexity index is 177. The Balaban J connectivity index is 2.51. The van der Waals surface area contributed by atoms with E-state index in [1.54, 1.807) is 0 Å². The molecule has 0 saturated carbocycles. The van der Waals surface area contributed by atoms with Gasteiger partial charge in [0.15, 0.2) is 5.79 Å². The van der Waals surface area contributed by atoms with E-state index in [9.17, 15) is 4.79 Å². The molecule has 1 fully saturated rings. The third kappa shape index (κ3) is 2.65. The number of nitrogens with two attached hydrogens (primary N) is 1. The highest BCUT2D eigenvalue weighted by Crippen LogP contribution is 2.26. The minimum absolute atomic E-state index is 0.112. The fraction of sp³-hybridized carbons (Fsp3) is 0.875. The average Bonchev–Trinajstić information content (AvgIpc) is 2.54. The minimum Gasteiger partial charge on any atom is -0.469 e. The number of hydrogen-bond donors (Lipinski definition) is 1. The molecule has 1 aliphatic heterocycles. The molecule has 1 heterocycles. The second-order valence-electron chi connectivity index (χ2n) is 2.90. The van der Waals surface area contributed by atoms with Gasteiger partial charge in [0, 0.05) is 6.42 Å². The van der Waals surface area contributed by atoms with Crippen LogP contribution in [0, 0.1) is 0 Å². The third-order valence-corrected chi connectivity index (χ3v) is 1.98. The summed E-state index contributed by atoms with van der Waals surface area (Å²) in [5.74, 6) is -1.17. The van der Waals surface area contributed by atoms with Crippen molar-refractivity contribution in [1.82, 2.24) is 0 Å². The first-order valence-corrected chi connectivity index (χ1v) is 4.27. The van der Waals surface area contributed by atoms with Crippen LogP contribution in [0.3, 0.4) is 0 Å². The average molecular weight is 189 g/mol. The molecule has 0 aromatic heterocycles. The summed E-state index contributed by atoms with van der Waals surface area (Å²) in [6, 6.07) is 0. The summed E-state index contributed by atoms with van der Waals surface area (Å²) in [5, 5.41) is 0. The normalized spacial score (nSPS) is 20.2. The van der Waals surface area contributed by atoms with Crippen molar-refractivity contribution in [2.75, 3.05) is 26.9 Å². The Morgan fingerprint density at radius 2 is 2.15 bits per heavy atom. The van der Waals surface area contributed by atoms with Crippen molar-refractivity contribution in [3.8, 4) is 0 Å². The molecule has 0 unspecified atom stereocenters. The highest BCUT2D eigenvalue weighted by molar-refractivity contribution is 5.70. The molecule has 0 aromatic carbocycles. The van der Waals surface area contributed by atoms with Crippen LogP contribution in [-0.2, 0) is 19.0 Å². The van der Waals surface area contributed by atoms with Crippen molar-refractivity contribution in [1.29, 1.82) is 0 Å². The summed E-state index contributed by atoms with van der Waals surface area (Å²) in [4.78, 5) is 11.0. The predicted molar refractivity (Wildman–Crippen MR) is 44.9 cm³/mol. The molecule has 0 amide bonds. The smallest absolute Gasteiger partial charge is 0.310 e. The zero-order valence-corrected chi connectivity index (χ0v) is 7.75. The second-order valence-corrected chi connectivity index (χ2v) is 2.90. The Morgan fingerprint density at radius 1 is 1.54 bits per heavy atom. The molecule has 1 rings (SSSR count). The zero-order chi connectivity index (χ0) is 9.73. The maximum absolute atomic E-state index is 11.0. The van der Waals surface area contributed by atoms with Gasteiger partial charge in [-0.3, -0.25) is 4.79 Å². The predicted octanol–water partition coefficient (Wildman–Crippen LogP) is -0.359. The van der Waals surface area contributed by atoms with Gasteiger partial charge in [-0.25, -0.2) is 0 Å². The van der Waals surface area contributed by atoms with E-state index in [2.05, 4.69) is 4.74 Å². The van der Waals surface area contributed by atoms with E-state index in [1.165, 1.54) is 7.11 Å². The van der Waals surface area contributed by atoms with Gasteiger partial charge in [-0.05, 0) is 6.54 Å². The summed E-state index contributed by atoms with van der Waals surface area (Å²) in [7, 11) is 1.34. The van der Waals surface area contributed by atoms with Crippen molar-refractivity contribution in [2.24, 2.45) is 5.73 Å². The Hall–Kier alpha value is -0.650. The van der Waals surface area contributed by atoms with Gasteiger partial charge in [0.2, 0.25) is 0 Å². The zero-order valence-electron chi connectivity index (χ0n) is 7.75. The lowest BCUT2D eigenvalue weighted by molar-refractivity contribution is -0.182. The molecule has 1 saturated heterocycles. The minimum atomic E-state index is -0.832. The van der Waals surface area contributed by atoms with Crippen LogP contribution in [0.15, 0.2) is 0 Å². The molecule has 5 nitrogen and oxygen atoms in total. The number of carbonyl (C=O) groups excluding carboxylic acids is 1. The van der Waals surface area contributed by atoms with Crippen molar-refractivity contribution in [3.05, 3.63) is 0 Å². The lowest BCUT2D eigenvalue weighted by Crippen LogP contribution is -2.35. The highest BCUT2D eigenvalue weighted by Gasteiger charge is 2.38. The lowest BCUT2D eigenvalue weighted by atomic mass is 10.1. The maximum atomic E-state index is 11.0. The van der Waals surface area contributed by atoms with Crippen molar-refractivity contribution >= 4 is 5.97 Å². The molecule has 0 spiro atoms. The monoisotopic (exact) mass is 189 g/mol.